The highest BCUT2D eigenvalue weighted by atomic mass is 32.2. The number of carbonyl (C=O) groups excluding carboxylic acids is 1. The van der Waals surface area contributed by atoms with Crippen molar-refractivity contribution in [3.8, 4) is 0 Å². The van der Waals surface area contributed by atoms with Crippen molar-refractivity contribution in [2.24, 2.45) is 10.2 Å². The van der Waals surface area contributed by atoms with E-state index in [1.807, 2.05) is 25.5 Å². The van der Waals surface area contributed by atoms with Gasteiger partial charge in [-0.15, -0.1) is 20.4 Å². The number of aromatic nitrogens is 2. The molecule has 1 aromatic carbocycles. The summed E-state index contributed by atoms with van der Waals surface area (Å²) in [5, 5.41) is 15.5. The zero-order chi connectivity index (χ0) is 28.5. The standard InChI is InChI=1S/C23H31F3N6O4S2/c1-7-15-9-8-14-10-16(27-29-21-30-28-19(37-21)20(33)36-22(4,5)6)17(11-18(14)32(15)13(2)3)31-38(34,35)12-23(24,25)26/h10-11,13,15,31H,7-9,12H2,1-6H3. The van der Waals surface area contributed by atoms with Gasteiger partial charge in [-0.1, -0.05) is 18.3 Å². The van der Waals surface area contributed by atoms with Crippen LogP contribution in [0.4, 0.5) is 35.4 Å². The van der Waals surface area contributed by atoms with E-state index < -0.39 is 33.5 Å². The number of fused-ring (bicyclic) bond motifs is 1. The number of azo groups is 1. The van der Waals surface area contributed by atoms with E-state index in [2.05, 4.69) is 25.3 Å². The number of aryl methyl sites for hydroxylation is 1. The summed E-state index contributed by atoms with van der Waals surface area (Å²) in [5.41, 5.74) is 0.724. The zero-order valence-electron chi connectivity index (χ0n) is 22.0. The predicted octanol–water partition coefficient (Wildman–Crippen LogP) is 6.15. The molecule has 1 aliphatic heterocycles. The van der Waals surface area contributed by atoms with Crippen molar-refractivity contribution >= 4 is 49.5 Å². The lowest BCUT2D eigenvalue weighted by atomic mass is 9.92. The molecular formula is C23H31F3N6O4S2. The summed E-state index contributed by atoms with van der Waals surface area (Å²) >= 11 is 0.811. The molecule has 2 heterocycles. The number of alkyl halides is 3. The van der Waals surface area contributed by atoms with Crippen molar-refractivity contribution in [1.82, 2.24) is 10.2 Å². The third-order valence-corrected chi connectivity index (χ3v) is 7.52. The second kappa shape index (κ2) is 11.1. The molecule has 0 radical (unpaired) electrons. The first-order valence-electron chi connectivity index (χ1n) is 12.0. The van der Waals surface area contributed by atoms with Gasteiger partial charge >= 0.3 is 12.1 Å². The Kier molecular flexibility index (Phi) is 8.71. The van der Waals surface area contributed by atoms with Crippen LogP contribution in [0.25, 0.3) is 0 Å². The largest absolute Gasteiger partial charge is 0.455 e. The molecule has 1 atom stereocenters. The highest BCUT2D eigenvalue weighted by Crippen LogP contribution is 2.41. The number of sulfonamides is 1. The Labute approximate surface area is 223 Å². The van der Waals surface area contributed by atoms with Gasteiger partial charge in [-0.25, -0.2) is 13.2 Å². The minimum atomic E-state index is -4.93. The second-order valence-electron chi connectivity index (χ2n) is 10.2. The molecule has 0 aliphatic carbocycles. The van der Waals surface area contributed by atoms with Gasteiger partial charge in [0.25, 0.3) is 5.13 Å². The first kappa shape index (κ1) is 29.7. The highest BCUT2D eigenvalue weighted by Gasteiger charge is 2.36. The number of nitrogens with one attached hydrogen (secondary N) is 1. The molecule has 1 N–H and O–H groups in total. The summed E-state index contributed by atoms with van der Waals surface area (Å²) in [6, 6.07) is 3.38. The third-order valence-electron chi connectivity index (χ3n) is 5.49. The second-order valence-corrected chi connectivity index (χ2v) is 12.8. The van der Waals surface area contributed by atoms with Crippen molar-refractivity contribution in [2.75, 3.05) is 15.4 Å². The van der Waals surface area contributed by atoms with E-state index >= 15 is 0 Å². The van der Waals surface area contributed by atoms with E-state index in [1.54, 1.807) is 26.8 Å². The number of esters is 1. The number of hydrogen-bond donors (Lipinski definition) is 1. The molecule has 2 aromatic rings. The first-order chi connectivity index (χ1) is 17.5. The van der Waals surface area contributed by atoms with Crippen LogP contribution < -0.4 is 9.62 Å². The number of ether oxygens (including phenoxy) is 1. The average molecular weight is 577 g/mol. The van der Waals surface area contributed by atoms with Gasteiger partial charge in [-0.3, -0.25) is 4.72 Å². The fourth-order valence-electron chi connectivity index (χ4n) is 4.16. The van der Waals surface area contributed by atoms with Gasteiger partial charge in [0.15, 0.2) is 5.75 Å². The summed E-state index contributed by atoms with van der Waals surface area (Å²) in [5.74, 6) is -2.74. The molecule has 210 valence electrons. The number of hydrogen-bond acceptors (Lipinski definition) is 10. The van der Waals surface area contributed by atoms with Gasteiger partial charge in [0.05, 0.1) is 5.69 Å². The molecule has 1 aromatic heterocycles. The van der Waals surface area contributed by atoms with E-state index in [-0.39, 0.29) is 33.6 Å². The van der Waals surface area contributed by atoms with E-state index in [4.69, 9.17) is 4.74 Å². The number of nitrogens with zero attached hydrogens (tertiary/aromatic N) is 5. The Bertz CT molecular complexity index is 1300. The van der Waals surface area contributed by atoms with Crippen LogP contribution in [0.5, 0.6) is 0 Å². The van der Waals surface area contributed by atoms with Crippen LogP contribution in [0.15, 0.2) is 22.4 Å². The Morgan fingerprint density at radius 2 is 1.92 bits per heavy atom. The number of anilines is 2. The summed E-state index contributed by atoms with van der Waals surface area (Å²) < 4.78 is 70.7. The van der Waals surface area contributed by atoms with Crippen LogP contribution in [-0.2, 0) is 21.2 Å². The fraction of sp³-hybridized carbons (Fsp3) is 0.609. The molecule has 0 spiro atoms. The van der Waals surface area contributed by atoms with Crippen LogP contribution in [-0.4, -0.2) is 54.2 Å². The van der Waals surface area contributed by atoms with E-state index in [0.29, 0.717) is 6.42 Å². The lowest BCUT2D eigenvalue weighted by Gasteiger charge is -2.42. The monoisotopic (exact) mass is 576 g/mol. The average Bonchev–Trinajstić information content (AvgIpc) is 3.22. The number of carbonyl (C=O) groups is 1. The molecule has 3 rings (SSSR count). The molecule has 0 amide bonds. The van der Waals surface area contributed by atoms with Crippen molar-refractivity contribution in [3.05, 3.63) is 22.7 Å². The van der Waals surface area contributed by atoms with Gasteiger partial charge in [0.2, 0.25) is 15.0 Å². The SMILES string of the molecule is CCC1CCc2cc(N=Nc3nnc(C(=O)OC(C)(C)C)s3)c(NS(=O)(=O)CC(F)(F)F)cc2N1C(C)C. The van der Waals surface area contributed by atoms with Crippen LogP contribution in [0, 0.1) is 0 Å². The van der Waals surface area contributed by atoms with Crippen LogP contribution in [0.1, 0.15) is 69.7 Å². The van der Waals surface area contributed by atoms with Gasteiger partial charge in [0, 0.05) is 17.8 Å². The summed E-state index contributed by atoms with van der Waals surface area (Å²) in [6.07, 6.45) is -2.54. The number of benzene rings is 1. The Morgan fingerprint density at radius 1 is 1.24 bits per heavy atom. The minimum Gasteiger partial charge on any atom is -0.455 e. The van der Waals surface area contributed by atoms with Gasteiger partial charge in [-0.05, 0) is 71.6 Å². The Hall–Kier alpha value is -2.81. The molecule has 0 saturated heterocycles. The maximum absolute atomic E-state index is 12.9. The van der Waals surface area contributed by atoms with E-state index in [1.165, 1.54) is 6.07 Å². The number of rotatable bonds is 8. The maximum Gasteiger partial charge on any atom is 0.404 e. The van der Waals surface area contributed by atoms with Crippen molar-refractivity contribution in [2.45, 2.75) is 84.7 Å². The smallest absolute Gasteiger partial charge is 0.404 e. The molecule has 10 nitrogen and oxygen atoms in total. The third kappa shape index (κ3) is 7.85. The molecule has 0 fully saturated rings. The van der Waals surface area contributed by atoms with E-state index in [0.717, 1.165) is 35.4 Å². The quantitative estimate of drug-likeness (QED) is 0.295. The van der Waals surface area contributed by atoms with Crippen molar-refractivity contribution in [1.29, 1.82) is 0 Å². The van der Waals surface area contributed by atoms with Crippen LogP contribution in [0.2, 0.25) is 0 Å². The zero-order valence-corrected chi connectivity index (χ0v) is 23.6. The summed E-state index contributed by atoms with van der Waals surface area (Å²) in [4.78, 5) is 14.3. The lowest BCUT2D eigenvalue weighted by Crippen LogP contribution is -2.43. The topological polar surface area (TPSA) is 126 Å². The van der Waals surface area contributed by atoms with Crippen LogP contribution >= 0.6 is 11.3 Å². The molecule has 0 bridgehead atoms. The summed E-state index contributed by atoms with van der Waals surface area (Å²) in [6.45, 7) is 11.1. The molecule has 1 unspecified atom stereocenters. The van der Waals surface area contributed by atoms with Gasteiger partial charge < -0.3 is 9.64 Å². The normalized spacial score (nSPS) is 16.7. The van der Waals surface area contributed by atoms with E-state index in [9.17, 15) is 26.4 Å². The summed E-state index contributed by atoms with van der Waals surface area (Å²) in [7, 11) is -4.79. The fourth-order valence-corrected chi connectivity index (χ4v) is 5.70. The number of halogens is 3. The first-order valence-corrected chi connectivity index (χ1v) is 14.5. The predicted molar refractivity (Wildman–Crippen MR) is 139 cm³/mol. The maximum atomic E-state index is 12.9. The molecule has 0 saturated carbocycles. The molecule has 38 heavy (non-hydrogen) atoms. The minimum absolute atomic E-state index is 0.0115. The van der Waals surface area contributed by atoms with Crippen molar-refractivity contribution < 1.29 is 31.1 Å². The Morgan fingerprint density at radius 3 is 2.50 bits per heavy atom. The van der Waals surface area contributed by atoms with Gasteiger partial charge in [0.1, 0.15) is 11.3 Å². The Balaban J connectivity index is 2.02. The molecule has 1 aliphatic rings. The molecule has 15 heteroatoms. The lowest BCUT2D eigenvalue weighted by molar-refractivity contribution is -0.106. The van der Waals surface area contributed by atoms with Crippen LogP contribution in [0.3, 0.4) is 0 Å². The molecular weight excluding hydrogens is 545 g/mol. The van der Waals surface area contributed by atoms with Gasteiger partial charge in [-0.2, -0.15) is 13.2 Å². The highest BCUT2D eigenvalue weighted by molar-refractivity contribution is 7.92. The van der Waals surface area contributed by atoms with Crippen molar-refractivity contribution in [3.63, 3.8) is 0 Å².